The van der Waals surface area contributed by atoms with Crippen LogP contribution in [0, 0.1) is 0 Å². The first-order valence-corrected chi connectivity index (χ1v) is 0. The zero-order valence-corrected chi connectivity index (χ0v) is 5.63. The van der Waals surface area contributed by atoms with Gasteiger partial charge in [-0.05, 0) is 0 Å². The molecule has 1 radical (unpaired) electrons. The van der Waals surface area contributed by atoms with Gasteiger partial charge in [-0.15, -0.1) is 0 Å². The minimum Gasteiger partial charge on any atom is 0 e. The molecule has 0 aromatic carbocycles. The standard InChI is InChI=1S/Al.Cr.Nb.Ni.3H. The van der Waals surface area contributed by atoms with E-state index in [1.54, 1.807) is 0 Å². The summed E-state index contributed by atoms with van der Waals surface area (Å²) in [6, 6.07) is 0. The Morgan fingerprint density at radius 3 is 1.00 bits per heavy atom. The van der Waals surface area contributed by atoms with Gasteiger partial charge in [-0.25, -0.2) is 0 Å². The Balaban J connectivity index is 0. The monoisotopic (exact) mass is 233 g/mol. The van der Waals surface area contributed by atoms with Gasteiger partial charge in [-0.1, -0.05) is 0 Å². The van der Waals surface area contributed by atoms with Crippen LogP contribution in [0.1, 0.15) is 0 Å². The van der Waals surface area contributed by atoms with Gasteiger partial charge in [-0.2, -0.15) is 0 Å². The second-order valence-electron chi connectivity index (χ2n) is 0. The molecule has 0 aromatic rings. The van der Waals surface area contributed by atoms with Crippen LogP contribution in [0.15, 0.2) is 0 Å². The Morgan fingerprint density at radius 2 is 1.00 bits per heavy atom. The van der Waals surface area contributed by atoms with Crippen molar-refractivity contribution < 1.29 is 56.2 Å². The molecular formula is H3AlCrNbNi. The molecule has 0 aliphatic heterocycles. The van der Waals surface area contributed by atoms with Crippen LogP contribution >= 0.6 is 0 Å². The third kappa shape index (κ3) is 8.85. The van der Waals surface area contributed by atoms with Crippen molar-refractivity contribution in [3.63, 3.8) is 0 Å². The number of hydrogen-bond donors (Lipinski definition) is 0. The molecule has 27 valence electrons. The van der Waals surface area contributed by atoms with Crippen LogP contribution in [0.25, 0.3) is 0 Å². The van der Waals surface area contributed by atoms with Crippen molar-refractivity contribution in [2.45, 2.75) is 0 Å². The molecule has 0 heterocycles. The molecule has 0 saturated heterocycles. The third-order valence-electron chi connectivity index (χ3n) is 0. The van der Waals surface area contributed by atoms with Crippen molar-refractivity contribution in [2.24, 2.45) is 0 Å². The van der Waals surface area contributed by atoms with Gasteiger partial charge in [0.25, 0.3) is 0 Å². The Morgan fingerprint density at radius 1 is 1.00 bits per heavy atom. The van der Waals surface area contributed by atoms with Gasteiger partial charge in [0.1, 0.15) is 0 Å². The molecule has 0 aliphatic carbocycles. The normalized spacial score (nSPS) is 0. The molecule has 0 nitrogen and oxygen atoms in total. The summed E-state index contributed by atoms with van der Waals surface area (Å²) in [6.07, 6.45) is 0. The van der Waals surface area contributed by atoms with Crippen LogP contribution in [0.3, 0.4) is 0 Å². The summed E-state index contributed by atoms with van der Waals surface area (Å²) in [4.78, 5) is 0. The van der Waals surface area contributed by atoms with Crippen molar-refractivity contribution in [3.8, 4) is 0 Å². The SMILES string of the molecule is [AlH3].[Cr].[Nb].[Ni]. The molecule has 4 heteroatoms. The van der Waals surface area contributed by atoms with Gasteiger partial charge >= 0.3 is 0 Å². The third-order valence-corrected chi connectivity index (χ3v) is 0. The Labute approximate surface area is 72.8 Å². The Bertz CT molecular complexity index is 8.00. The predicted octanol–water partition coefficient (Wildman–Crippen LogP) is -1.19. The van der Waals surface area contributed by atoms with Gasteiger partial charge in [0.2, 0.25) is 0 Å². The van der Waals surface area contributed by atoms with Gasteiger partial charge in [-0.3, -0.25) is 0 Å². The first-order valence-electron chi connectivity index (χ1n) is 0. The smallest absolute Gasteiger partial charge is 0 e. The number of hydrogen-bond acceptors (Lipinski definition) is 0. The van der Waals surface area contributed by atoms with E-state index in [-0.39, 0.29) is 73.6 Å². The molecule has 0 rings (SSSR count). The van der Waals surface area contributed by atoms with Crippen molar-refractivity contribution in [1.82, 2.24) is 0 Å². The van der Waals surface area contributed by atoms with Crippen molar-refractivity contribution >= 4 is 17.4 Å². The summed E-state index contributed by atoms with van der Waals surface area (Å²) in [6.45, 7) is 0. The molecule has 0 aromatic heterocycles. The maximum atomic E-state index is 0. The van der Waals surface area contributed by atoms with Gasteiger partial charge < -0.3 is 0 Å². The fourth-order valence-electron chi connectivity index (χ4n) is 0. The number of rotatable bonds is 0. The molecule has 0 saturated carbocycles. The molecule has 0 amide bonds. The molecule has 0 bridgehead atoms. The molecule has 0 N–H and O–H groups in total. The van der Waals surface area contributed by atoms with Crippen LogP contribution in [0.5, 0.6) is 0 Å². The van der Waals surface area contributed by atoms with E-state index in [9.17, 15) is 0 Å². The van der Waals surface area contributed by atoms with Gasteiger partial charge in [0.15, 0.2) is 17.4 Å². The fourth-order valence-corrected chi connectivity index (χ4v) is 0. The molecular weight excluding hydrogens is 231 g/mol. The second-order valence-corrected chi connectivity index (χ2v) is 0. The van der Waals surface area contributed by atoms with E-state index in [2.05, 4.69) is 0 Å². The molecule has 0 unspecified atom stereocenters. The van der Waals surface area contributed by atoms with E-state index < -0.39 is 0 Å². The summed E-state index contributed by atoms with van der Waals surface area (Å²) in [5.74, 6) is 0. The van der Waals surface area contributed by atoms with E-state index in [1.807, 2.05) is 0 Å². The first-order chi connectivity index (χ1) is 0. The van der Waals surface area contributed by atoms with Crippen LogP contribution in [-0.2, 0) is 56.2 Å². The molecule has 4 heavy (non-hydrogen) atoms. The fraction of sp³-hybridized carbons (Fsp3) is 0. The van der Waals surface area contributed by atoms with Crippen LogP contribution in [0.4, 0.5) is 0 Å². The van der Waals surface area contributed by atoms with E-state index in [0.717, 1.165) is 0 Å². The van der Waals surface area contributed by atoms with Gasteiger partial charge in [0, 0.05) is 56.2 Å². The zero-order valence-electron chi connectivity index (χ0n) is 1.17. The Hall–Kier alpha value is 2.30. The first kappa shape index (κ1) is 33.5. The molecule has 0 aliphatic rings. The minimum absolute atomic E-state index is 0. The molecule has 0 fully saturated rings. The second kappa shape index (κ2) is 18.5. The van der Waals surface area contributed by atoms with E-state index in [4.69, 9.17) is 0 Å². The maximum Gasteiger partial charge on any atom is 0.187 e. The summed E-state index contributed by atoms with van der Waals surface area (Å²) >= 11 is 0. The molecule has 0 spiro atoms. The van der Waals surface area contributed by atoms with Crippen LogP contribution < -0.4 is 0 Å². The summed E-state index contributed by atoms with van der Waals surface area (Å²) in [7, 11) is 0. The van der Waals surface area contributed by atoms with E-state index in [1.165, 1.54) is 0 Å². The Kier molecular flexibility index (Phi) is 155. The van der Waals surface area contributed by atoms with Crippen molar-refractivity contribution in [1.29, 1.82) is 0 Å². The van der Waals surface area contributed by atoms with E-state index in [0.29, 0.717) is 0 Å². The minimum atomic E-state index is 0. The van der Waals surface area contributed by atoms with Gasteiger partial charge in [0.05, 0.1) is 0 Å². The van der Waals surface area contributed by atoms with E-state index >= 15 is 0 Å². The average molecular weight is 234 g/mol. The molecule has 0 atom stereocenters. The average Bonchev–Trinajstić information content (AvgIpc) is 0. The largest absolute Gasteiger partial charge is 0.187 e. The predicted molar refractivity (Wildman–Crippen MR) is 9.94 cm³/mol. The summed E-state index contributed by atoms with van der Waals surface area (Å²) < 4.78 is 0. The quantitative estimate of drug-likeness (QED) is 0.462. The maximum absolute atomic E-state index is 0. The van der Waals surface area contributed by atoms with Crippen LogP contribution in [-0.4, -0.2) is 17.4 Å². The summed E-state index contributed by atoms with van der Waals surface area (Å²) in [5, 5.41) is 0. The topological polar surface area (TPSA) is 0 Å². The van der Waals surface area contributed by atoms with Crippen molar-refractivity contribution in [3.05, 3.63) is 0 Å². The zero-order chi connectivity index (χ0) is 0. The van der Waals surface area contributed by atoms with Crippen LogP contribution in [0.2, 0.25) is 0 Å². The summed E-state index contributed by atoms with van der Waals surface area (Å²) in [5.41, 5.74) is 0. The van der Waals surface area contributed by atoms with Crippen molar-refractivity contribution in [2.75, 3.05) is 0 Å².